The fourth-order valence-electron chi connectivity index (χ4n) is 8.54. The van der Waals surface area contributed by atoms with E-state index in [9.17, 15) is 19.0 Å². The maximum absolute atomic E-state index is 12.8. The molecule has 10 heteroatoms. The number of hydrogen-bond donors (Lipinski definition) is 1. The Bertz CT molecular complexity index is 1340. The Morgan fingerprint density at radius 2 is 0.803 bits per heavy atom. The molecule has 71 heavy (non-hydrogen) atoms. The monoisotopic (exact) mass is 1020 g/mol. The molecule has 416 valence electrons. The quantitative estimate of drug-likeness (QED) is 0.0211. The van der Waals surface area contributed by atoms with E-state index in [0.29, 0.717) is 17.4 Å². The van der Waals surface area contributed by atoms with Crippen LogP contribution in [0.1, 0.15) is 277 Å². The number of allylic oxidation sites excluding steroid dienone is 8. The molecule has 0 amide bonds. The van der Waals surface area contributed by atoms with Crippen LogP contribution in [0.25, 0.3) is 0 Å². The summed E-state index contributed by atoms with van der Waals surface area (Å²) in [4.78, 5) is 35.7. The molecular weight excluding hydrogens is 906 g/mol. The Balaban J connectivity index is 4.09. The van der Waals surface area contributed by atoms with Gasteiger partial charge in [0.05, 0.1) is 27.7 Å². The van der Waals surface area contributed by atoms with E-state index in [1.807, 2.05) is 21.1 Å². The number of phosphoric acid groups is 1. The van der Waals surface area contributed by atoms with Gasteiger partial charge in [0.2, 0.25) is 0 Å². The predicted molar refractivity (Wildman–Crippen MR) is 303 cm³/mol. The number of nitrogens with zero attached hydrogens (tertiary/aromatic N) is 1. The zero-order chi connectivity index (χ0) is 52.0. The van der Waals surface area contributed by atoms with E-state index in [-0.39, 0.29) is 32.0 Å². The number of hydrogen-bond acceptors (Lipinski definition) is 7. The van der Waals surface area contributed by atoms with E-state index in [1.54, 1.807) is 0 Å². The lowest BCUT2D eigenvalue weighted by Gasteiger charge is -2.24. The molecular formula is C61H115NO8P+. The van der Waals surface area contributed by atoms with Crippen molar-refractivity contribution in [2.24, 2.45) is 0 Å². The van der Waals surface area contributed by atoms with Crippen LogP contribution in [0.15, 0.2) is 48.6 Å². The SMILES string of the molecule is CC/C=C\C/C=C\C/C=C\C/C=C\CCCCCCCCC(=O)OC(COC(=O)CCCCCCCCCCCCCCCCCCCCCCCCCCCCCC)COP(=O)(O)OCC[N+](C)(C)C. The molecule has 1 N–H and O–H groups in total. The van der Waals surface area contributed by atoms with Gasteiger partial charge in [-0.2, -0.15) is 0 Å². The highest BCUT2D eigenvalue weighted by atomic mass is 31.2. The number of ether oxygens (including phenoxy) is 2. The van der Waals surface area contributed by atoms with Gasteiger partial charge in [0.1, 0.15) is 19.8 Å². The first-order chi connectivity index (χ1) is 34.5. The molecule has 9 nitrogen and oxygen atoms in total. The summed E-state index contributed by atoms with van der Waals surface area (Å²) in [5, 5.41) is 0. The maximum atomic E-state index is 12.8. The van der Waals surface area contributed by atoms with E-state index >= 15 is 0 Å². The number of carbonyl (C=O) groups is 2. The van der Waals surface area contributed by atoms with E-state index in [0.717, 1.165) is 83.5 Å². The Hall–Kier alpha value is -2.03. The van der Waals surface area contributed by atoms with Crippen LogP contribution in [0, 0.1) is 0 Å². The minimum absolute atomic E-state index is 0.0286. The molecule has 0 spiro atoms. The summed E-state index contributed by atoms with van der Waals surface area (Å²) >= 11 is 0. The molecule has 2 unspecified atom stereocenters. The van der Waals surface area contributed by atoms with E-state index in [1.165, 1.54) is 161 Å². The fourth-order valence-corrected chi connectivity index (χ4v) is 9.28. The maximum Gasteiger partial charge on any atom is 0.472 e. The first-order valence-corrected chi connectivity index (χ1v) is 31.4. The number of unbranched alkanes of at least 4 members (excludes halogenated alkanes) is 33. The van der Waals surface area contributed by atoms with Crippen molar-refractivity contribution in [2.45, 2.75) is 283 Å². The van der Waals surface area contributed by atoms with Gasteiger partial charge in [-0.3, -0.25) is 18.6 Å². The lowest BCUT2D eigenvalue weighted by molar-refractivity contribution is -0.870. The molecule has 0 aromatic rings. The van der Waals surface area contributed by atoms with Crippen LogP contribution < -0.4 is 0 Å². The van der Waals surface area contributed by atoms with Crippen molar-refractivity contribution in [3.63, 3.8) is 0 Å². The van der Waals surface area contributed by atoms with Crippen LogP contribution in [-0.4, -0.2) is 74.9 Å². The highest BCUT2D eigenvalue weighted by Crippen LogP contribution is 2.43. The molecule has 0 saturated carbocycles. The largest absolute Gasteiger partial charge is 0.472 e. The first-order valence-electron chi connectivity index (χ1n) is 29.9. The van der Waals surface area contributed by atoms with Crippen LogP contribution in [-0.2, 0) is 32.7 Å². The second-order valence-electron chi connectivity index (χ2n) is 21.4. The number of esters is 2. The lowest BCUT2D eigenvalue weighted by Crippen LogP contribution is -2.37. The molecule has 0 aromatic carbocycles. The Labute approximate surface area is 439 Å². The predicted octanol–water partition coefficient (Wildman–Crippen LogP) is 18.5. The minimum atomic E-state index is -4.39. The number of rotatable bonds is 55. The van der Waals surface area contributed by atoms with E-state index in [4.69, 9.17) is 18.5 Å². The van der Waals surface area contributed by atoms with E-state index in [2.05, 4.69) is 62.5 Å². The average molecular weight is 1020 g/mol. The molecule has 0 aromatic heterocycles. The van der Waals surface area contributed by atoms with Gasteiger partial charge in [-0.1, -0.05) is 262 Å². The van der Waals surface area contributed by atoms with Crippen LogP contribution in [0.5, 0.6) is 0 Å². The van der Waals surface area contributed by atoms with Crippen LogP contribution in [0.4, 0.5) is 0 Å². The van der Waals surface area contributed by atoms with Crippen molar-refractivity contribution in [1.29, 1.82) is 0 Å². The molecule has 0 aliphatic carbocycles. The smallest absolute Gasteiger partial charge is 0.462 e. The van der Waals surface area contributed by atoms with Crippen molar-refractivity contribution in [1.82, 2.24) is 0 Å². The van der Waals surface area contributed by atoms with Gasteiger partial charge in [0.25, 0.3) is 0 Å². The summed E-state index contributed by atoms with van der Waals surface area (Å²) < 4.78 is 34.6. The molecule has 0 heterocycles. The second kappa shape index (κ2) is 52.8. The summed E-state index contributed by atoms with van der Waals surface area (Å²) in [5.74, 6) is -0.803. The van der Waals surface area contributed by atoms with Crippen LogP contribution in [0.3, 0.4) is 0 Å². The molecule has 0 fully saturated rings. The summed E-state index contributed by atoms with van der Waals surface area (Å²) in [6.45, 7) is 4.34. The zero-order valence-corrected chi connectivity index (χ0v) is 48.1. The molecule has 2 atom stereocenters. The Kier molecular flexibility index (Phi) is 51.3. The van der Waals surface area contributed by atoms with Crippen molar-refractivity contribution >= 4 is 19.8 Å². The minimum Gasteiger partial charge on any atom is -0.462 e. The van der Waals surface area contributed by atoms with Crippen molar-refractivity contribution in [3.05, 3.63) is 48.6 Å². The number of carbonyl (C=O) groups excluding carboxylic acids is 2. The van der Waals surface area contributed by atoms with E-state index < -0.39 is 26.5 Å². The second-order valence-corrected chi connectivity index (χ2v) is 22.8. The van der Waals surface area contributed by atoms with Crippen LogP contribution >= 0.6 is 7.82 Å². The van der Waals surface area contributed by atoms with Gasteiger partial charge in [0, 0.05) is 12.8 Å². The normalized spacial score (nSPS) is 13.6. The van der Waals surface area contributed by atoms with Gasteiger partial charge in [0.15, 0.2) is 6.10 Å². The molecule has 0 aliphatic heterocycles. The Morgan fingerprint density at radius 3 is 1.20 bits per heavy atom. The van der Waals surface area contributed by atoms with Gasteiger partial charge in [-0.25, -0.2) is 4.57 Å². The standard InChI is InChI=1S/C61H114NO8P/c1-6-8-10-12-14-16-18-20-22-24-26-27-28-29-30-31-32-33-34-36-37-39-41-43-45-47-49-51-53-60(63)67-57-59(58-69-71(65,66)68-56-55-62(3,4)5)70-61(64)54-52-50-48-46-44-42-40-38-35-25-23-21-19-17-15-13-11-9-7-2/h9,11,15,17,21,23,35,38,59H,6-8,10,12-14,16,18-20,22,24-34,36-37,39-58H2,1-5H3/p+1/b11-9-,17-15-,23-21-,38-35-. The summed E-state index contributed by atoms with van der Waals surface area (Å²) in [6.07, 6.45) is 66.2. The first kappa shape index (κ1) is 69.0. The molecule has 0 rings (SSSR count). The Morgan fingerprint density at radius 1 is 0.451 bits per heavy atom. The highest BCUT2D eigenvalue weighted by Gasteiger charge is 2.27. The summed E-state index contributed by atoms with van der Waals surface area (Å²) in [7, 11) is 1.47. The van der Waals surface area contributed by atoms with Gasteiger partial charge in [-0.15, -0.1) is 0 Å². The molecule has 0 bridgehead atoms. The highest BCUT2D eigenvalue weighted by molar-refractivity contribution is 7.47. The average Bonchev–Trinajstić information content (AvgIpc) is 3.33. The third-order valence-corrected chi connectivity index (χ3v) is 14.1. The molecule has 0 aliphatic rings. The number of phosphoric ester groups is 1. The van der Waals surface area contributed by atoms with Crippen molar-refractivity contribution in [3.8, 4) is 0 Å². The lowest BCUT2D eigenvalue weighted by atomic mass is 10.0. The zero-order valence-electron chi connectivity index (χ0n) is 47.2. The topological polar surface area (TPSA) is 108 Å². The number of quaternary nitrogens is 1. The van der Waals surface area contributed by atoms with Gasteiger partial charge >= 0.3 is 19.8 Å². The fraction of sp³-hybridized carbons (Fsp3) is 0.836. The third-order valence-electron chi connectivity index (χ3n) is 13.1. The number of likely N-dealkylation sites (N-methyl/N-ethyl adjacent to an activating group) is 1. The summed E-state index contributed by atoms with van der Waals surface area (Å²) in [6, 6.07) is 0. The van der Waals surface area contributed by atoms with Crippen molar-refractivity contribution < 1.29 is 42.1 Å². The molecule has 0 radical (unpaired) electrons. The summed E-state index contributed by atoms with van der Waals surface area (Å²) in [5.41, 5.74) is 0. The molecule has 0 saturated heterocycles. The third kappa shape index (κ3) is 57.1. The van der Waals surface area contributed by atoms with Gasteiger partial charge < -0.3 is 18.9 Å². The van der Waals surface area contributed by atoms with Gasteiger partial charge in [-0.05, 0) is 51.4 Å². The van der Waals surface area contributed by atoms with Crippen LogP contribution in [0.2, 0.25) is 0 Å². The van der Waals surface area contributed by atoms with Crippen molar-refractivity contribution in [2.75, 3.05) is 47.5 Å².